The van der Waals surface area contributed by atoms with Gasteiger partial charge in [-0.3, -0.25) is 0 Å². The third-order valence-corrected chi connectivity index (χ3v) is 2.53. The molecule has 0 saturated heterocycles. The van der Waals surface area contributed by atoms with Crippen LogP contribution in [0, 0.1) is 0 Å². The van der Waals surface area contributed by atoms with Crippen molar-refractivity contribution in [3.63, 3.8) is 0 Å². The molecule has 0 bridgehead atoms. The molecule has 92 valence electrons. The molecular formula is C12H14O5. The molecule has 0 amide bonds. The zero-order chi connectivity index (χ0) is 13.0. The van der Waals surface area contributed by atoms with E-state index in [1.807, 2.05) is 0 Å². The summed E-state index contributed by atoms with van der Waals surface area (Å²) >= 11 is 0. The number of hydrogen-bond donors (Lipinski definition) is 2. The third kappa shape index (κ3) is 2.75. The predicted molar refractivity (Wildman–Crippen MR) is 60.2 cm³/mol. The van der Waals surface area contributed by atoms with Gasteiger partial charge >= 0.3 is 5.97 Å². The lowest BCUT2D eigenvalue weighted by Gasteiger charge is -2.13. The summed E-state index contributed by atoms with van der Waals surface area (Å²) in [7, 11) is 1.20. The SMILES string of the molecule is COC(=O)c1cc(C(C)CC=O)c(O)cc1O. The number of methoxy groups -OCH3 is 1. The average Bonchev–Trinajstić information content (AvgIpc) is 2.28. The van der Waals surface area contributed by atoms with Crippen LogP contribution in [-0.2, 0) is 9.53 Å². The predicted octanol–water partition coefficient (Wildman–Crippen LogP) is 1.58. The minimum absolute atomic E-state index is 0.0296. The van der Waals surface area contributed by atoms with Crippen molar-refractivity contribution in [2.24, 2.45) is 0 Å². The van der Waals surface area contributed by atoms with E-state index in [2.05, 4.69) is 4.74 Å². The molecule has 0 heterocycles. The van der Waals surface area contributed by atoms with Gasteiger partial charge in [0.25, 0.3) is 0 Å². The van der Waals surface area contributed by atoms with Crippen molar-refractivity contribution >= 4 is 12.3 Å². The average molecular weight is 238 g/mol. The Morgan fingerprint density at radius 3 is 2.59 bits per heavy atom. The number of aldehydes is 1. The number of hydrogen-bond acceptors (Lipinski definition) is 5. The topological polar surface area (TPSA) is 83.8 Å². The fraction of sp³-hybridized carbons (Fsp3) is 0.333. The molecule has 17 heavy (non-hydrogen) atoms. The summed E-state index contributed by atoms with van der Waals surface area (Å²) in [5, 5.41) is 19.1. The lowest BCUT2D eigenvalue weighted by Crippen LogP contribution is -2.04. The molecule has 1 aromatic rings. The Morgan fingerprint density at radius 2 is 2.06 bits per heavy atom. The number of phenols is 2. The Morgan fingerprint density at radius 1 is 1.41 bits per heavy atom. The summed E-state index contributed by atoms with van der Waals surface area (Å²) in [6, 6.07) is 2.41. The second kappa shape index (κ2) is 5.34. The number of phenolic OH excluding ortho intramolecular Hbond substituents is 2. The molecule has 5 nitrogen and oxygen atoms in total. The van der Waals surface area contributed by atoms with Crippen LogP contribution in [0.4, 0.5) is 0 Å². The molecule has 1 atom stereocenters. The Hall–Kier alpha value is -2.04. The standard InChI is InChI=1S/C12H14O5/c1-7(3-4-13)8-5-9(12(16)17-2)11(15)6-10(8)14/h4-7,14-15H,3H2,1-2H3. The number of carbonyl (C=O) groups is 2. The smallest absolute Gasteiger partial charge is 0.341 e. The molecule has 0 spiro atoms. The van der Waals surface area contributed by atoms with Crippen molar-refractivity contribution in [1.82, 2.24) is 0 Å². The van der Waals surface area contributed by atoms with Gasteiger partial charge in [-0.25, -0.2) is 4.79 Å². The molecule has 1 unspecified atom stereocenters. The Labute approximate surface area is 98.6 Å². The number of aromatic hydroxyl groups is 2. The van der Waals surface area contributed by atoms with Gasteiger partial charge in [0, 0.05) is 12.5 Å². The van der Waals surface area contributed by atoms with Crippen LogP contribution < -0.4 is 0 Å². The largest absolute Gasteiger partial charge is 0.508 e. The summed E-state index contributed by atoms with van der Waals surface area (Å²) in [5.74, 6) is -1.43. The highest BCUT2D eigenvalue weighted by Gasteiger charge is 2.18. The fourth-order valence-corrected chi connectivity index (χ4v) is 1.53. The van der Waals surface area contributed by atoms with Gasteiger partial charge in [-0.1, -0.05) is 6.92 Å². The minimum atomic E-state index is -0.693. The second-order valence-electron chi connectivity index (χ2n) is 3.72. The van der Waals surface area contributed by atoms with Gasteiger partial charge in [0.15, 0.2) is 0 Å². The van der Waals surface area contributed by atoms with Gasteiger partial charge in [0.05, 0.1) is 7.11 Å². The summed E-state index contributed by atoms with van der Waals surface area (Å²) in [5.41, 5.74) is 0.397. The molecule has 0 saturated carbocycles. The number of carbonyl (C=O) groups excluding carboxylic acids is 2. The second-order valence-corrected chi connectivity index (χ2v) is 3.72. The summed E-state index contributed by atoms with van der Waals surface area (Å²) in [6.07, 6.45) is 0.952. The van der Waals surface area contributed by atoms with Gasteiger partial charge in [-0.2, -0.15) is 0 Å². The molecule has 0 radical (unpaired) electrons. The molecule has 1 rings (SSSR count). The molecule has 0 fully saturated rings. The van der Waals surface area contributed by atoms with E-state index in [0.29, 0.717) is 5.56 Å². The lowest BCUT2D eigenvalue weighted by molar-refractivity contribution is -0.108. The zero-order valence-corrected chi connectivity index (χ0v) is 9.64. The van der Waals surface area contributed by atoms with Crippen molar-refractivity contribution in [3.8, 4) is 11.5 Å². The van der Waals surface area contributed by atoms with E-state index < -0.39 is 5.97 Å². The molecule has 0 aliphatic rings. The first-order valence-corrected chi connectivity index (χ1v) is 5.09. The maximum Gasteiger partial charge on any atom is 0.341 e. The summed E-state index contributed by atoms with van der Waals surface area (Å²) in [6.45, 7) is 1.74. The van der Waals surface area contributed by atoms with Gasteiger partial charge in [-0.05, 0) is 17.5 Å². The highest BCUT2D eigenvalue weighted by atomic mass is 16.5. The van der Waals surface area contributed by atoms with Gasteiger partial charge in [0.1, 0.15) is 23.3 Å². The Kier molecular flexibility index (Phi) is 4.09. The van der Waals surface area contributed by atoms with Crippen molar-refractivity contribution in [2.75, 3.05) is 7.11 Å². The third-order valence-electron chi connectivity index (χ3n) is 2.53. The molecular weight excluding hydrogens is 224 g/mol. The van der Waals surface area contributed by atoms with E-state index in [4.69, 9.17) is 0 Å². The van der Waals surface area contributed by atoms with Crippen LogP contribution in [0.2, 0.25) is 0 Å². The maximum absolute atomic E-state index is 11.3. The first-order valence-electron chi connectivity index (χ1n) is 5.09. The van der Waals surface area contributed by atoms with Crippen LogP contribution in [0.1, 0.15) is 35.2 Å². The van der Waals surface area contributed by atoms with E-state index in [0.717, 1.165) is 12.4 Å². The van der Waals surface area contributed by atoms with Crippen LogP contribution in [0.3, 0.4) is 0 Å². The number of rotatable bonds is 4. The number of benzene rings is 1. The Bertz CT molecular complexity index is 439. The van der Waals surface area contributed by atoms with Crippen molar-refractivity contribution in [3.05, 3.63) is 23.3 Å². The maximum atomic E-state index is 11.3. The van der Waals surface area contributed by atoms with E-state index in [-0.39, 0.29) is 29.4 Å². The van der Waals surface area contributed by atoms with E-state index in [1.54, 1.807) is 6.92 Å². The van der Waals surface area contributed by atoms with E-state index in [9.17, 15) is 19.8 Å². The molecule has 0 aliphatic carbocycles. The van der Waals surface area contributed by atoms with E-state index in [1.165, 1.54) is 13.2 Å². The van der Waals surface area contributed by atoms with Crippen molar-refractivity contribution < 1.29 is 24.5 Å². The van der Waals surface area contributed by atoms with Gasteiger partial charge in [-0.15, -0.1) is 0 Å². The summed E-state index contributed by atoms with van der Waals surface area (Å²) < 4.78 is 4.50. The first-order chi connectivity index (χ1) is 8.01. The van der Waals surface area contributed by atoms with Gasteiger partial charge < -0.3 is 19.7 Å². The van der Waals surface area contributed by atoms with E-state index >= 15 is 0 Å². The summed E-state index contributed by atoms with van der Waals surface area (Å²) in [4.78, 5) is 21.8. The van der Waals surface area contributed by atoms with Crippen molar-refractivity contribution in [1.29, 1.82) is 0 Å². The molecule has 5 heteroatoms. The molecule has 2 N–H and O–H groups in total. The molecule has 0 aliphatic heterocycles. The van der Waals surface area contributed by atoms with Gasteiger partial charge in [0.2, 0.25) is 0 Å². The van der Waals surface area contributed by atoms with Crippen molar-refractivity contribution in [2.45, 2.75) is 19.3 Å². The molecule has 1 aromatic carbocycles. The minimum Gasteiger partial charge on any atom is -0.508 e. The van der Waals surface area contributed by atoms with Crippen LogP contribution in [-0.4, -0.2) is 29.6 Å². The van der Waals surface area contributed by atoms with Crippen LogP contribution in [0.15, 0.2) is 12.1 Å². The normalized spacial score (nSPS) is 11.9. The highest BCUT2D eigenvalue weighted by molar-refractivity contribution is 5.93. The fourth-order valence-electron chi connectivity index (χ4n) is 1.53. The first kappa shape index (κ1) is 13.0. The lowest BCUT2D eigenvalue weighted by atomic mass is 9.95. The van der Waals surface area contributed by atoms with Crippen LogP contribution in [0.25, 0.3) is 0 Å². The quantitative estimate of drug-likeness (QED) is 0.614. The van der Waals surface area contributed by atoms with Crippen LogP contribution in [0.5, 0.6) is 11.5 Å². The number of ether oxygens (including phenoxy) is 1. The van der Waals surface area contributed by atoms with Crippen LogP contribution >= 0.6 is 0 Å². The molecule has 0 aromatic heterocycles. The Balaban J connectivity index is 3.23. The zero-order valence-electron chi connectivity index (χ0n) is 9.64. The number of esters is 1. The highest BCUT2D eigenvalue weighted by Crippen LogP contribution is 2.33. The monoisotopic (exact) mass is 238 g/mol.